The zero-order chi connectivity index (χ0) is 9.26. The molecule has 0 saturated carbocycles. The number of benzene rings is 1. The molecule has 0 saturated heterocycles. The zero-order valence-corrected chi connectivity index (χ0v) is 6.78. The minimum Gasteiger partial charge on any atom is -0.370 e. The summed E-state index contributed by atoms with van der Waals surface area (Å²) in [6.45, 7) is 0. The SMILES string of the molecule is NOC(=O)c1ccc2cc[nH]c2c1. The Morgan fingerprint density at radius 1 is 1.38 bits per heavy atom. The van der Waals surface area contributed by atoms with Gasteiger partial charge in [-0.3, -0.25) is 0 Å². The number of hydrogen-bond donors (Lipinski definition) is 2. The summed E-state index contributed by atoms with van der Waals surface area (Å²) in [5.41, 5.74) is 1.33. The van der Waals surface area contributed by atoms with Crippen LogP contribution in [0.2, 0.25) is 0 Å². The second-order valence-corrected chi connectivity index (χ2v) is 2.69. The molecule has 2 rings (SSSR count). The van der Waals surface area contributed by atoms with Crippen LogP contribution in [0.5, 0.6) is 0 Å². The van der Waals surface area contributed by atoms with Crippen LogP contribution in [0.15, 0.2) is 30.5 Å². The Kier molecular flexibility index (Phi) is 1.75. The Morgan fingerprint density at radius 3 is 3.00 bits per heavy atom. The van der Waals surface area contributed by atoms with Gasteiger partial charge in [0.05, 0.1) is 5.56 Å². The van der Waals surface area contributed by atoms with Crippen LogP contribution >= 0.6 is 0 Å². The third kappa shape index (κ3) is 1.27. The predicted molar refractivity (Wildman–Crippen MR) is 47.9 cm³/mol. The molecule has 0 spiro atoms. The molecule has 66 valence electrons. The van der Waals surface area contributed by atoms with E-state index in [0.717, 1.165) is 10.9 Å². The maximum absolute atomic E-state index is 11.0. The van der Waals surface area contributed by atoms with Gasteiger partial charge in [0.2, 0.25) is 0 Å². The van der Waals surface area contributed by atoms with Gasteiger partial charge >= 0.3 is 5.97 Å². The van der Waals surface area contributed by atoms with Crippen molar-refractivity contribution in [3.05, 3.63) is 36.0 Å². The number of carbonyl (C=O) groups excluding carboxylic acids is 1. The molecule has 0 aliphatic rings. The molecule has 13 heavy (non-hydrogen) atoms. The molecular formula is C9H8N2O2. The molecular weight excluding hydrogens is 168 g/mol. The van der Waals surface area contributed by atoms with Crippen LogP contribution in [0, 0.1) is 0 Å². The molecule has 0 amide bonds. The van der Waals surface area contributed by atoms with Crippen molar-refractivity contribution in [1.82, 2.24) is 4.98 Å². The number of nitrogens with two attached hydrogens (primary N) is 1. The first kappa shape index (κ1) is 7.82. The summed E-state index contributed by atoms with van der Waals surface area (Å²) in [6.07, 6.45) is 1.81. The lowest BCUT2D eigenvalue weighted by Gasteiger charge is -1.97. The van der Waals surface area contributed by atoms with Crippen LogP contribution in [0.3, 0.4) is 0 Å². The van der Waals surface area contributed by atoms with E-state index in [1.807, 2.05) is 18.3 Å². The smallest absolute Gasteiger partial charge is 0.356 e. The second kappa shape index (κ2) is 2.91. The Morgan fingerprint density at radius 2 is 2.23 bits per heavy atom. The van der Waals surface area contributed by atoms with Crippen molar-refractivity contribution >= 4 is 16.9 Å². The van der Waals surface area contributed by atoms with E-state index in [9.17, 15) is 4.79 Å². The fourth-order valence-corrected chi connectivity index (χ4v) is 1.24. The number of fused-ring (bicyclic) bond motifs is 1. The van der Waals surface area contributed by atoms with Crippen molar-refractivity contribution < 1.29 is 9.63 Å². The molecule has 3 N–H and O–H groups in total. The first-order valence-corrected chi connectivity index (χ1v) is 3.79. The van der Waals surface area contributed by atoms with E-state index in [0.29, 0.717) is 5.56 Å². The number of aromatic nitrogens is 1. The van der Waals surface area contributed by atoms with Gasteiger partial charge in [0.15, 0.2) is 0 Å². The topological polar surface area (TPSA) is 68.1 Å². The summed E-state index contributed by atoms with van der Waals surface area (Å²) in [5, 5.41) is 1.05. The van der Waals surface area contributed by atoms with E-state index in [4.69, 9.17) is 5.90 Å². The molecule has 4 nitrogen and oxygen atoms in total. The molecule has 2 aromatic rings. The first-order chi connectivity index (χ1) is 6.31. The van der Waals surface area contributed by atoms with Crippen molar-refractivity contribution in [1.29, 1.82) is 0 Å². The molecule has 0 aliphatic heterocycles. The third-order valence-corrected chi connectivity index (χ3v) is 1.90. The van der Waals surface area contributed by atoms with Gasteiger partial charge in [0, 0.05) is 11.7 Å². The van der Waals surface area contributed by atoms with E-state index in [1.54, 1.807) is 12.1 Å². The maximum atomic E-state index is 11.0. The summed E-state index contributed by atoms with van der Waals surface area (Å²) in [6, 6.07) is 7.13. The molecule has 4 heteroatoms. The fraction of sp³-hybridized carbons (Fsp3) is 0. The van der Waals surface area contributed by atoms with Crippen LogP contribution in [0.4, 0.5) is 0 Å². The monoisotopic (exact) mass is 176 g/mol. The van der Waals surface area contributed by atoms with Gasteiger partial charge in [0.1, 0.15) is 0 Å². The first-order valence-electron chi connectivity index (χ1n) is 3.79. The number of nitrogens with one attached hydrogen (secondary N) is 1. The van der Waals surface area contributed by atoms with Crippen LogP contribution < -0.4 is 5.90 Å². The number of carbonyl (C=O) groups is 1. The van der Waals surface area contributed by atoms with Gasteiger partial charge < -0.3 is 9.82 Å². The summed E-state index contributed by atoms with van der Waals surface area (Å²) < 4.78 is 0. The lowest BCUT2D eigenvalue weighted by molar-refractivity contribution is 0.0503. The average molecular weight is 176 g/mol. The van der Waals surface area contributed by atoms with Crippen molar-refractivity contribution in [3.8, 4) is 0 Å². The highest BCUT2D eigenvalue weighted by atomic mass is 16.7. The van der Waals surface area contributed by atoms with Crippen molar-refractivity contribution in [2.24, 2.45) is 5.90 Å². The van der Waals surface area contributed by atoms with Crippen LogP contribution in [0.1, 0.15) is 10.4 Å². The van der Waals surface area contributed by atoms with Gasteiger partial charge in [-0.05, 0) is 23.6 Å². The highest BCUT2D eigenvalue weighted by Crippen LogP contribution is 2.14. The van der Waals surface area contributed by atoms with Crippen LogP contribution in [-0.4, -0.2) is 11.0 Å². The normalized spacial score (nSPS) is 10.2. The summed E-state index contributed by atoms with van der Waals surface area (Å²) in [5.74, 6) is 4.23. The minimum atomic E-state index is -0.531. The van der Waals surface area contributed by atoms with E-state index in [-0.39, 0.29) is 0 Å². The Hall–Kier alpha value is -1.81. The highest BCUT2D eigenvalue weighted by Gasteiger charge is 2.06. The molecule has 0 radical (unpaired) electrons. The largest absolute Gasteiger partial charge is 0.370 e. The highest BCUT2D eigenvalue weighted by molar-refractivity contribution is 5.94. The van der Waals surface area contributed by atoms with E-state index >= 15 is 0 Å². The van der Waals surface area contributed by atoms with E-state index < -0.39 is 5.97 Å². The minimum absolute atomic E-state index is 0.442. The summed E-state index contributed by atoms with van der Waals surface area (Å²) in [7, 11) is 0. The Labute approximate surface area is 74.3 Å². The van der Waals surface area contributed by atoms with Gasteiger partial charge in [-0.25, -0.2) is 4.79 Å². The number of hydrogen-bond acceptors (Lipinski definition) is 3. The molecule has 0 unspecified atom stereocenters. The number of rotatable bonds is 1. The van der Waals surface area contributed by atoms with Crippen molar-refractivity contribution in [2.45, 2.75) is 0 Å². The fourth-order valence-electron chi connectivity index (χ4n) is 1.24. The van der Waals surface area contributed by atoms with Crippen LogP contribution in [-0.2, 0) is 4.84 Å². The van der Waals surface area contributed by atoms with Gasteiger partial charge in [-0.1, -0.05) is 6.07 Å². The number of aromatic amines is 1. The van der Waals surface area contributed by atoms with E-state index in [1.165, 1.54) is 0 Å². The van der Waals surface area contributed by atoms with Crippen molar-refractivity contribution in [3.63, 3.8) is 0 Å². The van der Waals surface area contributed by atoms with Gasteiger partial charge in [-0.15, -0.1) is 0 Å². The van der Waals surface area contributed by atoms with E-state index in [2.05, 4.69) is 9.82 Å². The molecule has 1 aromatic carbocycles. The Bertz CT molecular complexity index is 448. The molecule has 0 aliphatic carbocycles. The third-order valence-electron chi connectivity index (χ3n) is 1.90. The maximum Gasteiger partial charge on any atom is 0.356 e. The molecule has 0 bridgehead atoms. The van der Waals surface area contributed by atoms with Crippen LogP contribution in [0.25, 0.3) is 10.9 Å². The molecule has 1 heterocycles. The standard InChI is InChI=1S/C9H8N2O2/c10-13-9(12)7-2-1-6-3-4-11-8(6)5-7/h1-5,11H,10H2. The quantitative estimate of drug-likeness (QED) is 0.641. The van der Waals surface area contributed by atoms with Gasteiger partial charge in [0.25, 0.3) is 0 Å². The average Bonchev–Trinajstić information content (AvgIpc) is 2.63. The van der Waals surface area contributed by atoms with Crippen molar-refractivity contribution in [2.75, 3.05) is 0 Å². The number of H-pyrrole nitrogens is 1. The molecule has 1 aromatic heterocycles. The second-order valence-electron chi connectivity index (χ2n) is 2.69. The zero-order valence-electron chi connectivity index (χ0n) is 6.78. The van der Waals surface area contributed by atoms with Gasteiger partial charge in [-0.2, -0.15) is 5.90 Å². The summed E-state index contributed by atoms with van der Waals surface area (Å²) in [4.78, 5) is 18.1. The molecule has 0 atom stereocenters. The Balaban J connectivity index is 2.54. The lowest BCUT2D eigenvalue weighted by atomic mass is 10.2. The lowest BCUT2D eigenvalue weighted by Crippen LogP contribution is -2.09. The summed E-state index contributed by atoms with van der Waals surface area (Å²) >= 11 is 0. The molecule has 0 fully saturated rings. The predicted octanol–water partition coefficient (Wildman–Crippen LogP) is 1.20.